The second-order valence-electron chi connectivity index (χ2n) is 5.41. The van der Waals surface area contributed by atoms with E-state index in [1.807, 2.05) is 20.8 Å². The fourth-order valence-electron chi connectivity index (χ4n) is 1.47. The quantitative estimate of drug-likeness (QED) is 0.742. The van der Waals surface area contributed by atoms with Gasteiger partial charge in [0.2, 0.25) is 0 Å². The van der Waals surface area contributed by atoms with Crippen molar-refractivity contribution in [2.75, 3.05) is 0 Å². The second-order valence-corrected chi connectivity index (χ2v) is 5.41. The monoisotopic (exact) mass is 199 g/mol. The van der Waals surface area contributed by atoms with E-state index in [2.05, 4.69) is 19.2 Å². The minimum absolute atomic E-state index is 0.292. The van der Waals surface area contributed by atoms with Crippen molar-refractivity contribution < 1.29 is 9.53 Å². The van der Waals surface area contributed by atoms with Crippen LogP contribution in [0.3, 0.4) is 0 Å². The van der Waals surface area contributed by atoms with Gasteiger partial charge in [0.05, 0.1) is 0 Å². The molecule has 14 heavy (non-hydrogen) atoms. The highest BCUT2D eigenvalue weighted by Crippen LogP contribution is 2.48. The average Bonchev–Trinajstić information content (AvgIpc) is 2.58. The molecule has 0 aromatic rings. The van der Waals surface area contributed by atoms with Gasteiger partial charge in [0, 0.05) is 6.04 Å². The topological polar surface area (TPSA) is 38.3 Å². The molecule has 0 unspecified atom stereocenters. The summed E-state index contributed by atoms with van der Waals surface area (Å²) in [6, 6.07) is 0.308. The molecule has 82 valence electrons. The summed E-state index contributed by atoms with van der Waals surface area (Å²) in [7, 11) is 0. The number of hydrogen-bond donors (Lipinski definition) is 1. The Balaban J connectivity index is 2.31. The van der Waals surface area contributed by atoms with Crippen LogP contribution in [0.15, 0.2) is 0 Å². The first-order valence-electron chi connectivity index (χ1n) is 5.26. The highest BCUT2D eigenvalue weighted by atomic mass is 16.6. The van der Waals surface area contributed by atoms with Crippen LogP contribution in [0.1, 0.15) is 47.5 Å². The van der Waals surface area contributed by atoms with Crippen LogP contribution in [-0.2, 0) is 4.74 Å². The fourth-order valence-corrected chi connectivity index (χ4v) is 1.47. The van der Waals surface area contributed by atoms with Crippen LogP contribution >= 0.6 is 0 Å². The van der Waals surface area contributed by atoms with Gasteiger partial charge >= 0.3 is 6.09 Å². The molecule has 0 aromatic heterocycles. The third-order valence-electron chi connectivity index (χ3n) is 2.85. The van der Waals surface area contributed by atoms with Crippen molar-refractivity contribution in [3.63, 3.8) is 0 Å². The molecule has 0 saturated heterocycles. The number of amides is 1. The Kier molecular flexibility index (Phi) is 2.79. The lowest BCUT2D eigenvalue weighted by atomic mass is 10.1. The number of nitrogens with one attached hydrogen (secondary N) is 1. The van der Waals surface area contributed by atoms with Gasteiger partial charge in [-0.15, -0.1) is 0 Å². The van der Waals surface area contributed by atoms with E-state index in [0.29, 0.717) is 11.5 Å². The third-order valence-corrected chi connectivity index (χ3v) is 2.85. The predicted molar refractivity (Wildman–Crippen MR) is 56.2 cm³/mol. The molecule has 0 aromatic carbocycles. The minimum Gasteiger partial charge on any atom is -0.444 e. The van der Waals surface area contributed by atoms with Crippen LogP contribution < -0.4 is 5.32 Å². The standard InChI is InChI=1S/C11H21NO2/c1-6-11(5)7-8(11)12-9(13)14-10(2,3)4/h8H,6-7H2,1-5H3,(H,12,13)/t8-,11+/m0/s1. The molecule has 3 nitrogen and oxygen atoms in total. The Hall–Kier alpha value is -0.730. The molecule has 1 saturated carbocycles. The Morgan fingerprint density at radius 1 is 1.57 bits per heavy atom. The van der Waals surface area contributed by atoms with Gasteiger partial charge in [0.25, 0.3) is 0 Å². The number of hydrogen-bond acceptors (Lipinski definition) is 2. The van der Waals surface area contributed by atoms with Gasteiger partial charge in [-0.25, -0.2) is 4.79 Å². The zero-order valence-corrected chi connectivity index (χ0v) is 9.81. The Labute approximate surface area is 86.2 Å². The number of ether oxygens (including phenoxy) is 1. The zero-order chi connectivity index (χ0) is 11.0. The molecular weight excluding hydrogens is 178 g/mol. The first kappa shape index (κ1) is 11.3. The zero-order valence-electron chi connectivity index (χ0n) is 9.81. The molecule has 0 radical (unpaired) electrons. The summed E-state index contributed by atoms with van der Waals surface area (Å²) in [5.41, 5.74) is -0.0987. The lowest BCUT2D eigenvalue weighted by Crippen LogP contribution is -2.35. The number of alkyl carbamates (subject to hydrolysis) is 1. The van der Waals surface area contributed by atoms with Crippen LogP contribution in [0.2, 0.25) is 0 Å². The number of carbonyl (C=O) groups is 1. The van der Waals surface area contributed by atoms with Crippen LogP contribution in [0.25, 0.3) is 0 Å². The molecule has 1 rings (SSSR count). The van der Waals surface area contributed by atoms with Crippen molar-refractivity contribution in [3.05, 3.63) is 0 Å². The van der Waals surface area contributed by atoms with E-state index in [0.717, 1.165) is 12.8 Å². The van der Waals surface area contributed by atoms with Gasteiger partial charge in [-0.2, -0.15) is 0 Å². The third kappa shape index (κ3) is 2.89. The van der Waals surface area contributed by atoms with Crippen LogP contribution in [-0.4, -0.2) is 17.7 Å². The van der Waals surface area contributed by atoms with Crippen LogP contribution in [0, 0.1) is 5.41 Å². The van der Waals surface area contributed by atoms with E-state index in [1.54, 1.807) is 0 Å². The van der Waals surface area contributed by atoms with E-state index in [9.17, 15) is 4.79 Å². The van der Waals surface area contributed by atoms with Crippen molar-refractivity contribution in [1.29, 1.82) is 0 Å². The predicted octanol–water partition coefficient (Wildman–Crippen LogP) is 2.70. The van der Waals surface area contributed by atoms with E-state index in [-0.39, 0.29) is 6.09 Å². The first-order chi connectivity index (χ1) is 6.27. The molecule has 0 bridgehead atoms. The first-order valence-corrected chi connectivity index (χ1v) is 5.26. The maximum absolute atomic E-state index is 11.4. The molecule has 1 aliphatic carbocycles. The highest BCUT2D eigenvalue weighted by molar-refractivity contribution is 5.68. The summed E-state index contributed by atoms with van der Waals surface area (Å²) < 4.78 is 5.18. The summed E-state index contributed by atoms with van der Waals surface area (Å²) in [6.45, 7) is 9.96. The Morgan fingerprint density at radius 2 is 2.14 bits per heavy atom. The molecular formula is C11H21NO2. The van der Waals surface area contributed by atoms with Gasteiger partial charge in [-0.3, -0.25) is 0 Å². The van der Waals surface area contributed by atoms with Crippen molar-refractivity contribution >= 4 is 6.09 Å². The summed E-state index contributed by atoms with van der Waals surface area (Å²) >= 11 is 0. The molecule has 1 fully saturated rings. The number of rotatable bonds is 2. The maximum atomic E-state index is 11.4. The number of carbonyl (C=O) groups excluding carboxylic acids is 1. The molecule has 3 heteroatoms. The largest absolute Gasteiger partial charge is 0.444 e. The molecule has 2 atom stereocenters. The van der Waals surface area contributed by atoms with Crippen LogP contribution in [0.4, 0.5) is 4.79 Å². The smallest absolute Gasteiger partial charge is 0.407 e. The van der Waals surface area contributed by atoms with Gasteiger partial charge < -0.3 is 10.1 Å². The SMILES string of the molecule is CC[C@]1(C)C[C@@H]1NC(=O)OC(C)(C)C. The van der Waals surface area contributed by atoms with Crippen molar-refractivity contribution in [2.24, 2.45) is 5.41 Å². The highest BCUT2D eigenvalue weighted by Gasteiger charge is 2.49. The molecule has 1 N–H and O–H groups in total. The Morgan fingerprint density at radius 3 is 2.50 bits per heavy atom. The van der Waals surface area contributed by atoms with Gasteiger partial charge in [0.1, 0.15) is 5.60 Å². The van der Waals surface area contributed by atoms with E-state index >= 15 is 0 Å². The second kappa shape index (κ2) is 3.44. The van der Waals surface area contributed by atoms with Gasteiger partial charge in [-0.05, 0) is 39.0 Å². The summed E-state index contributed by atoms with van der Waals surface area (Å²) in [6.07, 6.45) is 1.88. The minimum atomic E-state index is -0.401. The van der Waals surface area contributed by atoms with E-state index < -0.39 is 5.60 Å². The summed E-state index contributed by atoms with van der Waals surface area (Å²) in [5.74, 6) is 0. The summed E-state index contributed by atoms with van der Waals surface area (Å²) in [5, 5.41) is 2.89. The molecule has 1 aliphatic rings. The summed E-state index contributed by atoms with van der Waals surface area (Å²) in [4.78, 5) is 11.4. The normalized spacial score (nSPS) is 31.1. The van der Waals surface area contributed by atoms with Crippen LogP contribution in [0.5, 0.6) is 0 Å². The van der Waals surface area contributed by atoms with Crippen molar-refractivity contribution in [3.8, 4) is 0 Å². The van der Waals surface area contributed by atoms with Gasteiger partial charge in [-0.1, -0.05) is 13.8 Å². The average molecular weight is 199 g/mol. The van der Waals surface area contributed by atoms with Crippen molar-refractivity contribution in [2.45, 2.75) is 59.1 Å². The lowest BCUT2D eigenvalue weighted by molar-refractivity contribution is 0.0516. The van der Waals surface area contributed by atoms with E-state index in [1.165, 1.54) is 0 Å². The van der Waals surface area contributed by atoms with Crippen molar-refractivity contribution in [1.82, 2.24) is 5.32 Å². The molecule has 0 spiro atoms. The maximum Gasteiger partial charge on any atom is 0.407 e. The molecule has 0 heterocycles. The van der Waals surface area contributed by atoms with E-state index in [4.69, 9.17) is 4.74 Å². The van der Waals surface area contributed by atoms with Gasteiger partial charge in [0.15, 0.2) is 0 Å². The molecule has 1 amide bonds. The lowest BCUT2D eigenvalue weighted by Gasteiger charge is -2.20. The molecule has 0 aliphatic heterocycles. The Bertz CT molecular complexity index is 232. The fraction of sp³-hybridized carbons (Fsp3) is 0.909.